The first-order valence-electron chi connectivity index (χ1n) is 7.21. The summed E-state index contributed by atoms with van der Waals surface area (Å²) in [5.41, 5.74) is 0. The number of carbonyl (C=O) groups is 1. The SMILES string of the molecule is COCC(=O)N(C)C1CCN(C2CCCC2)CC1. The zero-order valence-electron chi connectivity index (χ0n) is 11.7. The molecular weight excluding hydrogens is 228 g/mol. The molecule has 18 heavy (non-hydrogen) atoms. The number of nitrogens with zero attached hydrogens (tertiary/aromatic N) is 2. The highest BCUT2D eigenvalue weighted by molar-refractivity contribution is 5.77. The van der Waals surface area contributed by atoms with Crippen molar-refractivity contribution in [3.8, 4) is 0 Å². The lowest BCUT2D eigenvalue weighted by Gasteiger charge is -2.39. The van der Waals surface area contributed by atoms with Crippen LogP contribution in [0.1, 0.15) is 38.5 Å². The normalized spacial score (nSPS) is 23.4. The lowest BCUT2D eigenvalue weighted by atomic mass is 10.0. The van der Waals surface area contributed by atoms with Crippen LogP contribution in [-0.4, -0.2) is 61.6 Å². The van der Waals surface area contributed by atoms with Gasteiger partial charge < -0.3 is 14.5 Å². The molecule has 4 nitrogen and oxygen atoms in total. The minimum absolute atomic E-state index is 0.108. The number of piperidine rings is 1. The first-order chi connectivity index (χ1) is 8.72. The Bertz CT molecular complexity index is 269. The van der Waals surface area contributed by atoms with Gasteiger partial charge in [-0.25, -0.2) is 0 Å². The Morgan fingerprint density at radius 3 is 2.39 bits per heavy atom. The van der Waals surface area contributed by atoms with Gasteiger partial charge >= 0.3 is 0 Å². The van der Waals surface area contributed by atoms with Gasteiger partial charge in [-0.15, -0.1) is 0 Å². The largest absolute Gasteiger partial charge is 0.375 e. The maximum Gasteiger partial charge on any atom is 0.248 e. The van der Waals surface area contributed by atoms with E-state index >= 15 is 0 Å². The summed E-state index contributed by atoms with van der Waals surface area (Å²) in [5.74, 6) is 0.108. The summed E-state index contributed by atoms with van der Waals surface area (Å²) in [4.78, 5) is 16.3. The smallest absolute Gasteiger partial charge is 0.248 e. The Kier molecular flexibility index (Phi) is 5.01. The van der Waals surface area contributed by atoms with E-state index in [1.165, 1.54) is 25.7 Å². The van der Waals surface area contributed by atoms with Gasteiger partial charge in [-0.2, -0.15) is 0 Å². The molecule has 0 N–H and O–H groups in total. The minimum Gasteiger partial charge on any atom is -0.375 e. The Labute approximate surface area is 110 Å². The monoisotopic (exact) mass is 254 g/mol. The van der Waals surface area contributed by atoms with Crippen molar-refractivity contribution < 1.29 is 9.53 Å². The molecule has 0 radical (unpaired) electrons. The van der Waals surface area contributed by atoms with Crippen molar-refractivity contribution in [1.82, 2.24) is 9.80 Å². The van der Waals surface area contributed by atoms with E-state index in [0.717, 1.165) is 32.0 Å². The highest BCUT2D eigenvalue weighted by Gasteiger charge is 2.29. The second-order valence-electron chi connectivity index (χ2n) is 5.64. The van der Waals surface area contributed by atoms with Gasteiger partial charge in [-0.05, 0) is 25.7 Å². The number of carbonyl (C=O) groups excluding carboxylic acids is 1. The van der Waals surface area contributed by atoms with Crippen molar-refractivity contribution >= 4 is 5.91 Å². The predicted octanol–water partition coefficient (Wildman–Crippen LogP) is 1.50. The van der Waals surface area contributed by atoms with Crippen LogP contribution in [0.15, 0.2) is 0 Å². The zero-order valence-corrected chi connectivity index (χ0v) is 11.7. The molecule has 1 aliphatic carbocycles. The lowest BCUT2D eigenvalue weighted by Crippen LogP contribution is -2.48. The molecule has 0 aromatic carbocycles. The molecule has 104 valence electrons. The van der Waals surface area contributed by atoms with Crippen molar-refractivity contribution in [3.63, 3.8) is 0 Å². The van der Waals surface area contributed by atoms with Gasteiger partial charge in [-0.3, -0.25) is 4.79 Å². The molecule has 0 aromatic rings. The van der Waals surface area contributed by atoms with Crippen LogP contribution in [0.25, 0.3) is 0 Å². The average molecular weight is 254 g/mol. The Morgan fingerprint density at radius 1 is 1.22 bits per heavy atom. The Balaban J connectivity index is 1.77. The number of hydrogen-bond donors (Lipinski definition) is 0. The van der Waals surface area contributed by atoms with E-state index in [9.17, 15) is 4.79 Å². The van der Waals surface area contributed by atoms with Gasteiger partial charge in [0, 0.05) is 39.3 Å². The second kappa shape index (κ2) is 6.53. The average Bonchev–Trinajstić information content (AvgIpc) is 2.92. The van der Waals surface area contributed by atoms with Crippen LogP contribution in [0.2, 0.25) is 0 Å². The molecule has 1 aliphatic heterocycles. The van der Waals surface area contributed by atoms with Crippen LogP contribution in [-0.2, 0) is 9.53 Å². The van der Waals surface area contributed by atoms with Crippen molar-refractivity contribution in [2.24, 2.45) is 0 Å². The van der Waals surface area contributed by atoms with Crippen LogP contribution in [0, 0.1) is 0 Å². The molecule has 0 atom stereocenters. The molecule has 2 fully saturated rings. The Hall–Kier alpha value is -0.610. The highest BCUT2D eigenvalue weighted by Crippen LogP contribution is 2.27. The fourth-order valence-electron chi connectivity index (χ4n) is 3.34. The molecule has 1 amide bonds. The van der Waals surface area contributed by atoms with Crippen LogP contribution in [0.5, 0.6) is 0 Å². The fourth-order valence-corrected chi connectivity index (χ4v) is 3.34. The topological polar surface area (TPSA) is 32.8 Å². The number of ether oxygens (including phenoxy) is 1. The third-order valence-electron chi connectivity index (χ3n) is 4.55. The summed E-state index contributed by atoms with van der Waals surface area (Å²) < 4.78 is 4.92. The van der Waals surface area contributed by atoms with Crippen LogP contribution in [0.4, 0.5) is 0 Å². The summed E-state index contributed by atoms with van der Waals surface area (Å²) >= 11 is 0. The number of amides is 1. The number of hydrogen-bond acceptors (Lipinski definition) is 3. The third-order valence-corrected chi connectivity index (χ3v) is 4.55. The van der Waals surface area contributed by atoms with Crippen LogP contribution < -0.4 is 0 Å². The van der Waals surface area contributed by atoms with E-state index in [1.807, 2.05) is 11.9 Å². The summed E-state index contributed by atoms with van der Waals surface area (Å²) in [6.45, 7) is 2.51. The van der Waals surface area contributed by atoms with Crippen molar-refractivity contribution in [2.75, 3.05) is 33.9 Å². The molecule has 2 rings (SSSR count). The summed E-state index contributed by atoms with van der Waals surface area (Å²) in [7, 11) is 3.49. The van der Waals surface area contributed by atoms with Crippen molar-refractivity contribution in [2.45, 2.75) is 50.6 Å². The second-order valence-corrected chi connectivity index (χ2v) is 5.64. The first kappa shape index (κ1) is 13.8. The molecule has 2 aliphatic rings. The number of methoxy groups -OCH3 is 1. The summed E-state index contributed by atoms with van der Waals surface area (Å²) in [6, 6.07) is 1.23. The third kappa shape index (κ3) is 3.23. The van der Waals surface area contributed by atoms with Gasteiger partial charge in [0.1, 0.15) is 6.61 Å². The van der Waals surface area contributed by atoms with Crippen molar-refractivity contribution in [3.05, 3.63) is 0 Å². The van der Waals surface area contributed by atoms with Crippen molar-refractivity contribution in [1.29, 1.82) is 0 Å². The standard InChI is InChI=1S/C14H26N2O2/c1-15(14(17)11-18-2)12-7-9-16(10-8-12)13-5-3-4-6-13/h12-13H,3-11H2,1-2H3. The quantitative estimate of drug-likeness (QED) is 0.762. The zero-order chi connectivity index (χ0) is 13.0. The number of likely N-dealkylation sites (N-methyl/N-ethyl adjacent to an activating group) is 1. The van der Waals surface area contributed by atoms with Gasteiger partial charge in [0.05, 0.1) is 0 Å². The number of likely N-dealkylation sites (tertiary alicyclic amines) is 1. The lowest BCUT2D eigenvalue weighted by molar-refractivity contribution is -0.136. The summed E-state index contributed by atoms with van der Waals surface area (Å²) in [5, 5.41) is 0. The van der Waals surface area contributed by atoms with Gasteiger partial charge in [-0.1, -0.05) is 12.8 Å². The van der Waals surface area contributed by atoms with Crippen LogP contribution in [0.3, 0.4) is 0 Å². The van der Waals surface area contributed by atoms with E-state index in [0.29, 0.717) is 6.04 Å². The molecule has 4 heteroatoms. The Morgan fingerprint density at radius 2 is 1.83 bits per heavy atom. The van der Waals surface area contributed by atoms with Crippen LogP contribution >= 0.6 is 0 Å². The molecule has 1 saturated carbocycles. The van der Waals surface area contributed by atoms with Gasteiger partial charge in [0.15, 0.2) is 0 Å². The summed E-state index contributed by atoms with van der Waals surface area (Å²) in [6.07, 6.45) is 7.78. The highest BCUT2D eigenvalue weighted by atomic mass is 16.5. The van der Waals surface area contributed by atoms with E-state index in [1.54, 1.807) is 7.11 Å². The molecule has 1 saturated heterocycles. The number of rotatable bonds is 4. The first-order valence-corrected chi connectivity index (χ1v) is 7.21. The van der Waals surface area contributed by atoms with Gasteiger partial charge in [0.25, 0.3) is 0 Å². The predicted molar refractivity (Wildman–Crippen MR) is 71.5 cm³/mol. The van der Waals surface area contributed by atoms with E-state index < -0.39 is 0 Å². The molecule has 0 bridgehead atoms. The molecular formula is C14H26N2O2. The molecule has 0 unspecified atom stereocenters. The maximum atomic E-state index is 11.8. The van der Waals surface area contributed by atoms with E-state index in [4.69, 9.17) is 4.74 Å². The van der Waals surface area contributed by atoms with Gasteiger partial charge in [0.2, 0.25) is 5.91 Å². The molecule has 0 spiro atoms. The molecule has 0 aromatic heterocycles. The maximum absolute atomic E-state index is 11.8. The fraction of sp³-hybridized carbons (Fsp3) is 0.929. The molecule has 1 heterocycles. The van der Waals surface area contributed by atoms with E-state index in [-0.39, 0.29) is 12.5 Å². The van der Waals surface area contributed by atoms with E-state index in [2.05, 4.69) is 4.90 Å². The minimum atomic E-state index is 0.108.